The number of nitrogens with one attached hydrogen (secondary N) is 1. The highest BCUT2D eigenvalue weighted by atomic mass is 35.5. The summed E-state index contributed by atoms with van der Waals surface area (Å²) < 4.78 is 0. The third kappa shape index (κ3) is 3.28. The van der Waals surface area contributed by atoms with Crippen LogP contribution >= 0.6 is 11.6 Å². The normalized spacial score (nSPS) is 13.9. The van der Waals surface area contributed by atoms with Crippen molar-refractivity contribution in [2.45, 2.75) is 19.8 Å². The zero-order chi connectivity index (χ0) is 19.8. The Balaban J connectivity index is 1.51. The Morgan fingerprint density at radius 2 is 1.93 bits per heavy atom. The molecule has 1 aromatic heterocycles. The van der Waals surface area contributed by atoms with Crippen LogP contribution in [0.25, 0.3) is 11.3 Å². The van der Waals surface area contributed by atoms with Crippen LogP contribution in [-0.2, 0) is 0 Å². The fraction of sp³-hybridized carbons (Fsp3) is 0.227. The predicted molar refractivity (Wildman–Crippen MR) is 108 cm³/mol. The van der Waals surface area contributed by atoms with E-state index in [2.05, 4.69) is 16.0 Å². The van der Waals surface area contributed by atoms with Crippen molar-refractivity contribution >= 4 is 17.5 Å². The van der Waals surface area contributed by atoms with Crippen LogP contribution in [0, 0.1) is 25.2 Å². The molecule has 1 amide bonds. The van der Waals surface area contributed by atoms with Gasteiger partial charge in [0.2, 0.25) is 0 Å². The molecule has 2 heterocycles. The molecule has 3 aromatic rings. The van der Waals surface area contributed by atoms with Gasteiger partial charge in [0.15, 0.2) is 0 Å². The van der Waals surface area contributed by atoms with E-state index >= 15 is 0 Å². The Morgan fingerprint density at radius 3 is 2.54 bits per heavy atom. The summed E-state index contributed by atoms with van der Waals surface area (Å²) in [5.41, 5.74) is 5.00. The highest BCUT2D eigenvalue weighted by Gasteiger charge is 2.32. The van der Waals surface area contributed by atoms with E-state index in [9.17, 15) is 4.79 Å². The smallest absolute Gasteiger partial charge is 0.253 e. The molecule has 1 aliphatic heterocycles. The predicted octanol–water partition coefficient (Wildman–Crippen LogP) is 4.46. The number of aryl methyl sites for hydroxylation is 2. The highest BCUT2D eigenvalue weighted by molar-refractivity contribution is 6.32. The number of nitriles is 1. The molecule has 1 fully saturated rings. The number of likely N-dealkylation sites (tertiary alicyclic amines) is 1. The second kappa shape index (κ2) is 7.14. The van der Waals surface area contributed by atoms with E-state index in [1.54, 1.807) is 0 Å². The first-order chi connectivity index (χ1) is 13.5. The summed E-state index contributed by atoms with van der Waals surface area (Å²) in [5.74, 6) is 1.06. The summed E-state index contributed by atoms with van der Waals surface area (Å²) in [5, 5.41) is 9.39. The minimum absolute atomic E-state index is 0.00882. The second-order valence-corrected chi connectivity index (χ2v) is 7.53. The van der Waals surface area contributed by atoms with E-state index in [4.69, 9.17) is 16.9 Å². The van der Waals surface area contributed by atoms with Crippen molar-refractivity contribution in [3.05, 3.63) is 75.7 Å². The van der Waals surface area contributed by atoms with Crippen molar-refractivity contribution in [2.75, 3.05) is 13.1 Å². The SMILES string of the molecule is Cc1nc(-c2cc(C(=O)N3CC(c4ccc(C#N)cc4)C3)ccc2C)c(Cl)[nH]1. The lowest BCUT2D eigenvalue weighted by molar-refractivity contribution is 0.0602. The average molecular weight is 391 g/mol. The number of imidazole rings is 1. The van der Waals surface area contributed by atoms with Gasteiger partial charge in [-0.15, -0.1) is 0 Å². The van der Waals surface area contributed by atoms with Gasteiger partial charge in [-0.1, -0.05) is 29.8 Å². The number of aromatic amines is 1. The van der Waals surface area contributed by atoms with Crippen LogP contribution in [-0.4, -0.2) is 33.9 Å². The molecule has 0 bridgehead atoms. The van der Waals surface area contributed by atoms with Gasteiger partial charge in [-0.2, -0.15) is 5.26 Å². The lowest BCUT2D eigenvalue weighted by Gasteiger charge is -2.39. The van der Waals surface area contributed by atoms with Crippen LogP contribution in [0.4, 0.5) is 0 Å². The number of nitrogens with zero attached hydrogens (tertiary/aromatic N) is 3. The van der Waals surface area contributed by atoms with Gasteiger partial charge in [-0.25, -0.2) is 4.98 Å². The van der Waals surface area contributed by atoms with Gasteiger partial charge in [-0.05, 0) is 49.2 Å². The number of benzene rings is 2. The van der Waals surface area contributed by atoms with Gasteiger partial charge >= 0.3 is 0 Å². The molecule has 0 spiro atoms. The topological polar surface area (TPSA) is 72.8 Å². The third-order valence-electron chi connectivity index (χ3n) is 5.20. The van der Waals surface area contributed by atoms with Crippen molar-refractivity contribution in [3.8, 4) is 17.3 Å². The molecule has 0 radical (unpaired) electrons. The van der Waals surface area contributed by atoms with E-state index in [1.165, 1.54) is 0 Å². The summed E-state index contributed by atoms with van der Waals surface area (Å²) in [6.45, 7) is 5.18. The Kier molecular flexibility index (Phi) is 4.66. The summed E-state index contributed by atoms with van der Waals surface area (Å²) in [6, 6.07) is 15.4. The van der Waals surface area contributed by atoms with Gasteiger partial charge in [0.1, 0.15) is 16.7 Å². The first-order valence-electron chi connectivity index (χ1n) is 9.08. The Hall–Kier alpha value is -3.10. The van der Waals surface area contributed by atoms with E-state index in [0.29, 0.717) is 41.0 Å². The Labute approximate surface area is 168 Å². The van der Waals surface area contributed by atoms with Crippen molar-refractivity contribution in [3.63, 3.8) is 0 Å². The maximum Gasteiger partial charge on any atom is 0.253 e. The van der Waals surface area contributed by atoms with Crippen LogP contribution in [0.5, 0.6) is 0 Å². The first kappa shape index (κ1) is 18.3. The molecule has 0 atom stereocenters. The lowest BCUT2D eigenvalue weighted by atomic mass is 9.90. The number of H-pyrrole nitrogens is 1. The zero-order valence-electron chi connectivity index (χ0n) is 15.7. The Bertz CT molecular complexity index is 1090. The number of amides is 1. The first-order valence-corrected chi connectivity index (χ1v) is 9.46. The number of hydrogen-bond donors (Lipinski definition) is 1. The molecule has 0 aliphatic carbocycles. The molecule has 1 N–H and O–H groups in total. The zero-order valence-corrected chi connectivity index (χ0v) is 16.4. The molecular formula is C22H19ClN4O. The number of carbonyl (C=O) groups excluding carboxylic acids is 1. The summed E-state index contributed by atoms with van der Waals surface area (Å²) >= 11 is 6.26. The number of hydrogen-bond acceptors (Lipinski definition) is 3. The molecule has 6 heteroatoms. The van der Waals surface area contributed by atoms with Crippen molar-refractivity contribution < 1.29 is 4.79 Å². The molecule has 1 saturated heterocycles. The van der Waals surface area contributed by atoms with E-state index in [-0.39, 0.29) is 5.91 Å². The van der Waals surface area contributed by atoms with Crippen molar-refractivity contribution in [2.24, 2.45) is 0 Å². The number of aromatic nitrogens is 2. The molecule has 4 rings (SSSR count). The van der Waals surface area contributed by atoms with E-state index < -0.39 is 0 Å². The van der Waals surface area contributed by atoms with Crippen molar-refractivity contribution in [1.82, 2.24) is 14.9 Å². The molecule has 140 valence electrons. The van der Waals surface area contributed by atoms with Crippen LogP contribution in [0.15, 0.2) is 42.5 Å². The van der Waals surface area contributed by atoms with Gasteiger partial charge in [0.05, 0.1) is 11.6 Å². The maximum absolute atomic E-state index is 12.9. The minimum atomic E-state index is 0.00882. The minimum Gasteiger partial charge on any atom is -0.337 e. The van der Waals surface area contributed by atoms with Gasteiger partial charge < -0.3 is 9.88 Å². The summed E-state index contributed by atoms with van der Waals surface area (Å²) in [4.78, 5) is 22.2. The average Bonchev–Trinajstić information content (AvgIpc) is 2.99. The standard InChI is InChI=1S/C22H19ClN4O/c1-13-3-6-17(9-19(13)20-21(23)26-14(2)25-20)22(28)27-11-18(12-27)16-7-4-15(10-24)5-8-16/h3-9,18H,11-12H2,1-2H3,(H,25,26). The monoisotopic (exact) mass is 390 g/mol. The largest absolute Gasteiger partial charge is 0.337 e. The van der Waals surface area contributed by atoms with E-state index in [1.807, 2.05) is 61.2 Å². The van der Waals surface area contributed by atoms with E-state index in [0.717, 1.165) is 22.5 Å². The number of carbonyl (C=O) groups is 1. The molecular weight excluding hydrogens is 372 g/mol. The second-order valence-electron chi connectivity index (χ2n) is 7.16. The van der Waals surface area contributed by atoms with Crippen LogP contribution in [0.1, 0.15) is 38.8 Å². The molecule has 0 unspecified atom stereocenters. The molecule has 0 saturated carbocycles. The fourth-order valence-electron chi connectivity index (χ4n) is 3.52. The molecule has 2 aromatic carbocycles. The highest BCUT2D eigenvalue weighted by Crippen LogP contribution is 2.32. The number of halogens is 1. The van der Waals surface area contributed by atoms with Gasteiger partial charge in [-0.3, -0.25) is 4.79 Å². The van der Waals surface area contributed by atoms with Crippen molar-refractivity contribution in [1.29, 1.82) is 5.26 Å². The Morgan fingerprint density at radius 1 is 1.21 bits per heavy atom. The molecule has 5 nitrogen and oxygen atoms in total. The quantitative estimate of drug-likeness (QED) is 0.717. The summed E-state index contributed by atoms with van der Waals surface area (Å²) in [7, 11) is 0. The van der Waals surface area contributed by atoms with Crippen LogP contribution < -0.4 is 0 Å². The molecule has 28 heavy (non-hydrogen) atoms. The third-order valence-corrected chi connectivity index (χ3v) is 5.47. The van der Waals surface area contributed by atoms with Crippen LogP contribution in [0.2, 0.25) is 5.15 Å². The van der Waals surface area contributed by atoms with Gasteiger partial charge in [0, 0.05) is 30.1 Å². The lowest BCUT2D eigenvalue weighted by Crippen LogP contribution is -2.48. The summed E-state index contributed by atoms with van der Waals surface area (Å²) in [6.07, 6.45) is 0. The fourth-order valence-corrected chi connectivity index (χ4v) is 3.80. The molecule has 1 aliphatic rings. The number of rotatable bonds is 3. The van der Waals surface area contributed by atoms with Gasteiger partial charge in [0.25, 0.3) is 5.91 Å². The van der Waals surface area contributed by atoms with Crippen LogP contribution in [0.3, 0.4) is 0 Å². The maximum atomic E-state index is 12.9.